The van der Waals surface area contributed by atoms with Gasteiger partial charge in [0.25, 0.3) is 0 Å². The Labute approximate surface area is 83.0 Å². The minimum atomic E-state index is 0.529. The van der Waals surface area contributed by atoms with Gasteiger partial charge in [-0.3, -0.25) is 0 Å². The van der Waals surface area contributed by atoms with Crippen LogP contribution >= 0.6 is 11.3 Å². The van der Waals surface area contributed by atoms with Crippen LogP contribution in [0.1, 0.15) is 34.8 Å². The van der Waals surface area contributed by atoms with Gasteiger partial charge in [0.15, 0.2) is 0 Å². The van der Waals surface area contributed by atoms with Gasteiger partial charge in [-0.1, -0.05) is 0 Å². The highest BCUT2D eigenvalue weighted by Crippen LogP contribution is 2.25. The summed E-state index contributed by atoms with van der Waals surface area (Å²) in [7, 11) is 0. The lowest BCUT2D eigenvalue weighted by Crippen LogP contribution is -2.21. The zero-order chi connectivity index (χ0) is 9.26. The van der Waals surface area contributed by atoms with Crippen LogP contribution < -0.4 is 0 Å². The molecule has 2 nitrogen and oxygen atoms in total. The van der Waals surface area contributed by atoms with E-state index >= 15 is 0 Å². The topological polar surface area (TPSA) is 22.1 Å². The van der Waals surface area contributed by atoms with Gasteiger partial charge in [-0.25, -0.2) is 4.98 Å². The maximum absolute atomic E-state index is 5.73. The van der Waals surface area contributed by atoms with Gasteiger partial charge in [-0.15, -0.1) is 11.3 Å². The Morgan fingerprint density at radius 2 is 2.23 bits per heavy atom. The number of thiazole rings is 1. The molecule has 1 saturated carbocycles. The molecule has 1 heterocycles. The molecule has 0 unspecified atom stereocenters. The SMILES string of the molecule is Cc1nc(C)c(COC2CCC2)s1. The predicted octanol–water partition coefficient (Wildman–Crippen LogP) is 2.83. The van der Waals surface area contributed by atoms with E-state index in [2.05, 4.69) is 11.9 Å². The molecular formula is C10H15NOS. The molecule has 3 heteroatoms. The third kappa shape index (κ3) is 2.09. The molecule has 0 bridgehead atoms. The van der Waals surface area contributed by atoms with Crippen LogP contribution in [0.25, 0.3) is 0 Å². The van der Waals surface area contributed by atoms with E-state index in [1.807, 2.05) is 6.92 Å². The van der Waals surface area contributed by atoms with Gasteiger partial charge in [0, 0.05) is 0 Å². The fraction of sp³-hybridized carbons (Fsp3) is 0.700. The van der Waals surface area contributed by atoms with E-state index in [4.69, 9.17) is 4.74 Å². The molecule has 0 saturated heterocycles. The van der Waals surface area contributed by atoms with Crippen molar-refractivity contribution in [3.8, 4) is 0 Å². The van der Waals surface area contributed by atoms with Gasteiger partial charge in [-0.2, -0.15) is 0 Å². The van der Waals surface area contributed by atoms with Gasteiger partial charge >= 0.3 is 0 Å². The number of aryl methyl sites for hydroxylation is 2. The van der Waals surface area contributed by atoms with Crippen molar-refractivity contribution in [3.63, 3.8) is 0 Å². The molecule has 1 aliphatic rings. The number of hydrogen-bond acceptors (Lipinski definition) is 3. The molecule has 72 valence electrons. The van der Waals surface area contributed by atoms with Gasteiger partial charge in [-0.05, 0) is 33.1 Å². The Hall–Kier alpha value is -0.410. The molecule has 0 spiro atoms. The van der Waals surface area contributed by atoms with E-state index < -0.39 is 0 Å². The normalized spacial score (nSPS) is 17.4. The summed E-state index contributed by atoms with van der Waals surface area (Å²) in [5.41, 5.74) is 1.14. The van der Waals surface area contributed by atoms with Crippen molar-refractivity contribution in [2.24, 2.45) is 0 Å². The van der Waals surface area contributed by atoms with Crippen LogP contribution in [-0.4, -0.2) is 11.1 Å². The fourth-order valence-electron chi connectivity index (χ4n) is 1.44. The number of hydrogen-bond donors (Lipinski definition) is 0. The lowest BCUT2D eigenvalue weighted by Gasteiger charge is -2.25. The van der Waals surface area contributed by atoms with E-state index in [0.29, 0.717) is 6.10 Å². The molecule has 0 N–H and O–H groups in total. The van der Waals surface area contributed by atoms with E-state index in [9.17, 15) is 0 Å². The Kier molecular flexibility index (Phi) is 2.65. The molecule has 0 radical (unpaired) electrons. The van der Waals surface area contributed by atoms with E-state index in [1.54, 1.807) is 11.3 Å². The number of ether oxygens (including phenoxy) is 1. The summed E-state index contributed by atoms with van der Waals surface area (Å²) in [5.74, 6) is 0. The van der Waals surface area contributed by atoms with Gasteiger partial charge in [0.1, 0.15) is 0 Å². The van der Waals surface area contributed by atoms with Crippen LogP contribution in [-0.2, 0) is 11.3 Å². The molecule has 0 atom stereocenters. The zero-order valence-electron chi connectivity index (χ0n) is 8.17. The summed E-state index contributed by atoms with van der Waals surface area (Å²) in [6, 6.07) is 0. The van der Waals surface area contributed by atoms with Gasteiger partial charge in [0.05, 0.1) is 28.3 Å². The van der Waals surface area contributed by atoms with Crippen molar-refractivity contribution in [1.82, 2.24) is 4.98 Å². The second-order valence-electron chi connectivity index (χ2n) is 3.61. The van der Waals surface area contributed by atoms with Crippen LogP contribution in [0.15, 0.2) is 0 Å². The van der Waals surface area contributed by atoms with Crippen LogP contribution in [0.5, 0.6) is 0 Å². The largest absolute Gasteiger partial charge is 0.373 e. The summed E-state index contributed by atoms with van der Waals surface area (Å²) in [6.07, 6.45) is 4.36. The Balaban J connectivity index is 1.89. The molecule has 0 aliphatic heterocycles. The predicted molar refractivity (Wildman–Crippen MR) is 54.0 cm³/mol. The fourth-order valence-corrected chi connectivity index (χ4v) is 2.30. The highest BCUT2D eigenvalue weighted by Gasteiger charge is 2.18. The lowest BCUT2D eigenvalue weighted by molar-refractivity contribution is -0.00769. The van der Waals surface area contributed by atoms with E-state index in [1.165, 1.54) is 24.1 Å². The van der Waals surface area contributed by atoms with Crippen LogP contribution in [0, 0.1) is 13.8 Å². The molecular weight excluding hydrogens is 182 g/mol. The highest BCUT2D eigenvalue weighted by molar-refractivity contribution is 7.11. The van der Waals surface area contributed by atoms with Crippen molar-refractivity contribution in [2.75, 3.05) is 0 Å². The minimum Gasteiger partial charge on any atom is -0.373 e. The molecule has 1 aromatic heterocycles. The first-order chi connectivity index (χ1) is 6.25. The second kappa shape index (κ2) is 3.76. The van der Waals surface area contributed by atoms with Crippen molar-refractivity contribution >= 4 is 11.3 Å². The third-order valence-electron chi connectivity index (χ3n) is 2.50. The quantitative estimate of drug-likeness (QED) is 0.743. The van der Waals surface area contributed by atoms with Crippen molar-refractivity contribution in [2.45, 2.75) is 45.8 Å². The van der Waals surface area contributed by atoms with E-state index in [-0.39, 0.29) is 0 Å². The Morgan fingerprint density at radius 1 is 1.46 bits per heavy atom. The second-order valence-corrected chi connectivity index (χ2v) is 4.89. The van der Waals surface area contributed by atoms with Gasteiger partial charge < -0.3 is 4.74 Å². The lowest BCUT2D eigenvalue weighted by atomic mass is 9.96. The minimum absolute atomic E-state index is 0.529. The first-order valence-electron chi connectivity index (χ1n) is 4.80. The summed E-state index contributed by atoms with van der Waals surface area (Å²) < 4.78 is 5.73. The van der Waals surface area contributed by atoms with Crippen LogP contribution in [0.2, 0.25) is 0 Å². The molecule has 0 amide bonds. The molecule has 13 heavy (non-hydrogen) atoms. The summed E-state index contributed by atoms with van der Waals surface area (Å²) in [4.78, 5) is 5.67. The van der Waals surface area contributed by atoms with Crippen molar-refractivity contribution in [3.05, 3.63) is 15.6 Å². The maximum atomic E-state index is 5.73. The molecule has 0 aromatic carbocycles. The average Bonchev–Trinajstić information content (AvgIpc) is 2.27. The highest BCUT2D eigenvalue weighted by atomic mass is 32.1. The van der Waals surface area contributed by atoms with Crippen molar-refractivity contribution in [1.29, 1.82) is 0 Å². The maximum Gasteiger partial charge on any atom is 0.0900 e. The van der Waals surface area contributed by atoms with Crippen LogP contribution in [0.3, 0.4) is 0 Å². The van der Waals surface area contributed by atoms with Gasteiger partial charge in [0.2, 0.25) is 0 Å². The number of nitrogens with zero attached hydrogens (tertiary/aromatic N) is 1. The van der Waals surface area contributed by atoms with E-state index in [0.717, 1.165) is 17.3 Å². The molecule has 2 rings (SSSR count). The van der Waals surface area contributed by atoms with Crippen LogP contribution in [0.4, 0.5) is 0 Å². The number of rotatable bonds is 3. The zero-order valence-corrected chi connectivity index (χ0v) is 8.99. The Morgan fingerprint density at radius 3 is 2.69 bits per heavy atom. The Bertz CT molecular complexity index is 291. The smallest absolute Gasteiger partial charge is 0.0900 e. The summed E-state index contributed by atoms with van der Waals surface area (Å²) >= 11 is 1.75. The third-order valence-corrected chi connectivity index (χ3v) is 3.55. The van der Waals surface area contributed by atoms with Crippen molar-refractivity contribution < 1.29 is 4.74 Å². The monoisotopic (exact) mass is 197 g/mol. The average molecular weight is 197 g/mol. The summed E-state index contributed by atoms with van der Waals surface area (Å²) in [6.45, 7) is 4.87. The molecule has 1 aromatic rings. The molecule has 1 aliphatic carbocycles. The first kappa shape index (κ1) is 9.16. The number of aromatic nitrogens is 1. The molecule has 1 fully saturated rings. The standard InChI is InChI=1S/C10H15NOS/c1-7-10(13-8(2)11-7)6-12-9-4-3-5-9/h9H,3-6H2,1-2H3. The first-order valence-corrected chi connectivity index (χ1v) is 5.62. The summed E-state index contributed by atoms with van der Waals surface area (Å²) in [5, 5.41) is 1.14.